The van der Waals surface area contributed by atoms with Crippen LogP contribution in [-0.4, -0.2) is 40.5 Å². The van der Waals surface area contributed by atoms with Gasteiger partial charge in [0.1, 0.15) is 5.65 Å². The normalized spacial score (nSPS) is 11.7. The summed E-state index contributed by atoms with van der Waals surface area (Å²) in [7, 11) is 1.26. The fraction of sp³-hybridized carbons (Fsp3) is 0.350. The van der Waals surface area contributed by atoms with Gasteiger partial charge in [-0.15, -0.1) is 0 Å². The summed E-state index contributed by atoms with van der Waals surface area (Å²) in [4.78, 5) is 20.4. The molecule has 160 valence electrons. The number of halogens is 3. The third-order valence-corrected chi connectivity index (χ3v) is 5.01. The fourth-order valence-electron chi connectivity index (χ4n) is 3.03. The lowest BCUT2D eigenvalue weighted by Gasteiger charge is -2.11. The maximum Gasteiger partial charge on any atom is 0.416 e. The van der Waals surface area contributed by atoms with Crippen molar-refractivity contribution in [2.24, 2.45) is 0 Å². The molecule has 0 amide bonds. The molecule has 0 bridgehead atoms. The Morgan fingerprint density at radius 2 is 2.03 bits per heavy atom. The maximum atomic E-state index is 13.1. The van der Waals surface area contributed by atoms with Crippen LogP contribution in [0, 0.1) is 0 Å². The van der Waals surface area contributed by atoms with Crippen LogP contribution in [0.1, 0.15) is 23.6 Å². The van der Waals surface area contributed by atoms with Crippen LogP contribution in [0.25, 0.3) is 11.0 Å². The van der Waals surface area contributed by atoms with Crippen LogP contribution in [0.5, 0.6) is 5.88 Å². The first-order chi connectivity index (χ1) is 14.3. The molecule has 0 saturated carbocycles. The number of hydrogen-bond donors (Lipinski definition) is 0. The van der Waals surface area contributed by atoms with Crippen molar-refractivity contribution < 1.29 is 27.4 Å². The number of hydrogen-bond acceptors (Lipinski definition) is 6. The van der Waals surface area contributed by atoms with Gasteiger partial charge in [-0.25, -0.2) is 9.78 Å². The molecule has 0 aliphatic heterocycles. The first kappa shape index (κ1) is 21.9. The Balaban J connectivity index is 2.07. The van der Waals surface area contributed by atoms with Crippen molar-refractivity contribution in [2.75, 3.05) is 20.0 Å². The van der Waals surface area contributed by atoms with Crippen LogP contribution < -0.4 is 4.74 Å². The molecule has 0 spiro atoms. The Kier molecular flexibility index (Phi) is 6.55. The Morgan fingerprint density at radius 3 is 2.67 bits per heavy atom. The summed E-state index contributed by atoms with van der Waals surface area (Å²) in [5, 5.41) is 1.06. The van der Waals surface area contributed by atoms with E-state index in [-0.39, 0.29) is 19.0 Å². The number of alkyl halides is 3. The minimum Gasteiger partial charge on any atom is -0.466 e. The van der Waals surface area contributed by atoms with Gasteiger partial charge in [-0.2, -0.15) is 18.2 Å². The highest BCUT2D eigenvalue weighted by atomic mass is 32.2. The lowest BCUT2D eigenvalue weighted by atomic mass is 10.1. The predicted octanol–water partition coefficient (Wildman–Crippen LogP) is 4.33. The highest BCUT2D eigenvalue weighted by Gasteiger charge is 2.30. The summed E-state index contributed by atoms with van der Waals surface area (Å²) in [6.07, 6.45) is -0.157. The minimum absolute atomic E-state index is 0.196. The summed E-state index contributed by atoms with van der Waals surface area (Å²) in [5.41, 5.74) is 1.19. The maximum absolute atomic E-state index is 13.1. The van der Waals surface area contributed by atoms with E-state index in [9.17, 15) is 18.0 Å². The number of esters is 1. The molecular weight excluding hydrogens is 419 g/mol. The standard InChI is InChI=1S/C20H20F3N3O3S/c1-4-13-10-26(9-12-6-5-7-14(8-12)20(21,22)23)17-16(13)18(25-19(24-17)30-3)29-11-15(27)28-2/h5-8,10H,4,9,11H2,1-3H3. The highest BCUT2D eigenvalue weighted by Crippen LogP contribution is 2.32. The van der Waals surface area contributed by atoms with Gasteiger partial charge in [0.05, 0.1) is 18.1 Å². The number of aromatic nitrogens is 3. The summed E-state index contributed by atoms with van der Waals surface area (Å²) < 4.78 is 51.2. The van der Waals surface area contributed by atoms with Crippen molar-refractivity contribution in [3.05, 3.63) is 47.2 Å². The van der Waals surface area contributed by atoms with Gasteiger partial charge in [-0.1, -0.05) is 30.8 Å². The molecule has 0 unspecified atom stereocenters. The number of methoxy groups -OCH3 is 1. The molecule has 10 heteroatoms. The number of nitrogens with zero attached hydrogens (tertiary/aromatic N) is 3. The largest absolute Gasteiger partial charge is 0.466 e. The topological polar surface area (TPSA) is 66.2 Å². The van der Waals surface area contributed by atoms with Crippen LogP contribution in [-0.2, 0) is 28.7 Å². The number of ether oxygens (including phenoxy) is 2. The molecule has 0 atom stereocenters. The van der Waals surface area contributed by atoms with Gasteiger partial charge in [0.15, 0.2) is 11.8 Å². The minimum atomic E-state index is -4.41. The van der Waals surface area contributed by atoms with Crippen molar-refractivity contribution in [1.29, 1.82) is 0 Å². The number of carbonyl (C=O) groups excluding carboxylic acids is 1. The second-order valence-corrected chi connectivity index (χ2v) is 7.19. The SMILES string of the molecule is CCc1cn(Cc2cccc(C(F)(F)F)c2)c2nc(SC)nc(OCC(=O)OC)c12. The average Bonchev–Trinajstić information content (AvgIpc) is 3.08. The van der Waals surface area contributed by atoms with Gasteiger partial charge in [-0.05, 0) is 35.9 Å². The fourth-order valence-corrected chi connectivity index (χ4v) is 3.38. The lowest BCUT2D eigenvalue weighted by molar-refractivity contribution is -0.143. The summed E-state index contributed by atoms with van der Waals surface area (Å²) >= 11 is 1.29. The summed E-state index contributed by atoms with van der Waals surface area (Å²) in [6.45, 7) is 1.83. The number of carbonyl (C=O) groups is 1. The van der Waals surface area contributed by atoms with E-state index in [4.69, 9.17) is 4.74 Å². The Morgan fingerprint density at radius 1 is 1.27 bits per heavy atom. The Labute approximate surface area is 175 Å². The Bertz CT molecular complexity index is 1070. The molecule has 0 radical (unpaired) electrons. The number of aryl methyl sites for hydroxylation is 1. The zero-order chi connectivity index (χ0) is 21.9. The molecule has 0 saturated heterocycles. The molecular formula is C20H20F3N3O3S. The van der Waals surface area contributed by atoms with E-state index in [1.807, 2.05) is 13.1 Å². The van der Waals surface area contributed by atoms with Crippen molar-refractivity contribution in [1.82, 2.24) is 14.5 Å². The van der Waals surface area contributed by atoms with Gasteiger partial charge in [0.2, 0.25) is 5.88 Å². The smallest absolute Gasteiger partial charge is 0.416 e. The highest BCUT2D eigenvalue weighted by molar-refractivity contribution is 7.98. The molecule has 1 aromatic carbocycles. The van der Waals surface area contributed by atoms with Crippen LogP contribution >= 0.6 is 11.8 Å². The third kappa shape index (κ3) is 4.69. The van der Waals surface area contributed by atoms with Crippen molar-refractivity contribution in [2.45, 2.75) is 31.2 Å². The second kappa shape index (κ2) is 8.95. The molecule has 0 aliphatic rings. The van der Waals surface area contributed by atoms with Gasteiger partial charge in [-0.3, -0.25) is 0 Å². The number of benzene rings is 1. The van der Waals surface area contributed by atoms with Crippen LogP contribution in [0.4, 0.5) is 13.2 Å². The predicted molar refractivity (Wildman–Crippen MR) is 107 cm³/mol. The van der Waals surface area contributed by atoms with Crippen molar-refractivity contribution >= 4 is 28.8 Å². The summed E-state index contributed by atoms with van der Waals surface area (Å²) in [6, 6.07) is 5.19. The molecule has 30 heavy (non-hydrogen) atoms. The monoisotopic (exact) mass is 439 g/mol. The second-order valence-electron chi connectivity index (χ2n) is 6.41. The molecule has 0 N–H and O–H groups in total. The molecule has 6 nitrogen and oxygen atoms in total. The number of thioether (sulfide) groups is 1. The van der Waals surface area contributed by atoms with E-state index in [1.54, 1.807) is 16.9 Å². The third-order valence-electron chi connectivity index (χ3n) is 4.47. The van der Waals surface area contributed by atoms with E-state index in [1.165, 1.54) is 24.9 Å². The quantitative estimate of drug-likeness (QED) is 0.310. The molecule has 3 rings (SSSR count). The zero-order valence-corrected chi connectivity index (χ0v) is 17.4. The summed E-state index contributed by atoms with van der Waals surface area (Å²) in [5.74, 6) is -0.302. The lowest BCUT2D eigenvalue weighted by Crippen LogP contribution is -2.14. The van der Waals surface area contributed by atoms with Crippen molar-refractivity contribution in [3.8, 4) is 5.88 Å². The number of rotatable bonds is 7. The first-order valence-corrected chi connectivity index (χ1v) is 10.3. The van der Waals surface area contributed by atoms with E-state index in [2.05, 4.69) is 14.7 Å². The van der Waals surface area contributed by atoms with Crippen LogP contribution in [0.2, 0.25) is 0 Å². The van der Waals surface area contributed by atoms with Gasteiger partial charge < -0.3 is 14.0 Å². The van der Waals surface area contributed by atoms with Crippen LogP contribution in [0.15, 0.2) is 35.6 Å². The molecule has 0 fully saturated rings. The Hall–Kier alpha value is -2.75. The average molecular weight is 439 g/mol. The zero-order valence-electron chi connectivity index (χ0n) is 16.6. The van der Waals surface area contributed by atoms with Gasteiger partial charge in [0.25, 0.3) is 0 Å². The first-order valence-electron chi connectivity index (χ1n) is 9.06. The van der Waals surface area contributed by atoms with E-state index in [0.29, 0.717) is 28.2 Å². The van der Waals surface area contributed by atoms with Crippen molar-refractivity contribution in [3.63, 3.8) is 0 Å². The molecule has 2 heterocycles. The molecule has 0 aliphatic carbocycles. The molecule has 2 aromatic heterocycles. The van der Waals surface area contributed by atoms with Gasteiger partial charge in [0, 0.05) is 12.7 Å². The number of fused-ring (bicyclic) bond motifs is 1. The van der Waals surface area contributed by atoms with E-state index >= 15 is 0 Å². The van der Waals surface area contributed by atoms with E-state index < -0.39 is 17.7 Å². The van der Waals surface area contributed by atoms with Gasteiger partial charge >= 0.3 is 12.1 Å². The van der Waals surface area contributed by atoms with Crippen LogP contribution in [0.3, 0.4) is 0 Å². The molecule has 3 aromatic rings. The van der Waals surface area contributed by atoms with E-state index in [0.717, 1.165) is 17.7 Å².